The zero-order valence-electron chi connectivity index (χ0n) is 17.8. The Hall–Kier alpha value is -2.49. The fourth-order valence-corrected chi connectivity index (χ4v) is 4.65. The number of hydrogen-bond donors (Lipinski definition) is 1. The van der Waals surface area contributed by atoms with Gasteiger partial charge in [0.1, 0.15) is 15.8 Å². The molecule has 0 bridgehead atoms. The molecule has 1 N–H and O–H groups in total. The molecule has 1 aliphatic rings. The molecule has 11 heteroatoms. The maximum absolute atomic E-state index is 12.8. The smallest absolute Gasteiger partial charge is 0.266 e. The van der Waals surface area contributed by atoms with E-state index in [9.17, 15) is 9.59 Å². The molecule has 0 saturated carbocycles. The van der Waals surface area contributed by atoms with Gasteiger partial charge in [-0.3, -0.25) is 14.5 Å². The van der Waals surface area contributed by atoms with Crippen molar-refractivity contribution < 1.29 is 18.7 Å². The number of alkyl halides is 3. The number of amides is 2. The highest BCUT2D eigenvalue weighted by atomic mass is 35.6. The third-order valence-electron chi connectivity index (χ3n) is 4.79. The Balaban J connectivity index is 1.44. The van der Waals surface area contributed by atoms with E-state index in [2.05, 4.69) is 5.32 Å². The number of benzene rings is 2. The first-order valence-corrected chi connectivity index (χ1v) is 12.5. The van der Waals surface area contributed by atoms with Crippen molar-refractivity contribution in [1.82, 2.24) is 10.2 Å². The van der Waals surface area contributed by atoms with E-state index in [0.29, 0.717) is 26.3 Å². The Labute approximate surface area is 226 Å². The normalized spacial score (nSPS) is 16.0. The number of nitrogens with one attached hydrogen (secondary N) is 1. The van der Waals surface area contributed by atoms with Crippen molar-refractivity contribution >= 4 is 81.0 Å². The molecule has 0 unspecified atom stereocenters. The number of hydrogen-bond acceptors (Lipinski definition) is 6. The number of thiocarbonyl (C=S) groups is 1. The third kappa shape index (κ3) is 6.59. The topological polar surface area (TPSA) is 71.8 Å². The molecule has 2 heterocycles. The van der Waals surface area contributed by atoms with Gasteiger partial charge < -0.3 is 14.5 Å². The molecule has 180 valence electrons. The average molecular weight is 568 g/mol. The van der Waals surface area contributed by atoms with Crippen LogP contribution in [0.4, 0.5) is 0 Å². The lowest BCUT2D eigenvalue weighted by molar-refractivity contribution is -0.122. The molecule has 1 aromatic heterocycles. The number of thioether (sulfide) groups is 1. The summed E-state index contributed by atoms with van der Waals surface area (Å²) < 4.78 is 9.59. The minimum Gasteiger partial charge on any atom is -0.467 e. The van der Waals surface area contributed by atoms with Gasteiger partial charge in [-0.05, 0) is 48.0 Å². The highest BCUT2D eigenvalue weighted by molar-refractivity contribution is 8.26. The zero-order chi connectivity index (χ0) is 25.0. The number of nitrogens with zero attached hydrogens (tertiary/aromatic N) is 1. The number of ether oxygens (including phenoxy) is 1. The molecule has 0 aliphatic carbocycles. The molecule has 4 rings (SSSR count). The maximum atomic E-state index is 12.8. The average Bonchev–Trinajstić information content (AvgIpc) is 3.44. The molecular formula is C24H17Cl3N2O4S2. The molecule has 1 fully saturated rings. The van der Waals surface area contributed by atoms with Crippen molar-refractivity contribution in [2.45, 2.75) is 16.6 Å². The van der Waals surface area contributed by atoms with Gasteiger partial charge in [-0.2, -0.15) is 0 Å². The van der Waals surface area contributed by atoms with Crippen LogP contribution in [-0.4, -0.2) is 31.1 Å². The molecule has 1 saturated heterocycles. The van der Waals surface area contributed by atoms with E-state index in [0.717, 1.165) is 5.56 Å². The third-order valence-corrected chi connectivity index (χ3v) is 6.77. The van der Waals surface area contributed by atoms with Gasteiger partial charge in [0, 0.05) is 5.56 Å². The van der Waals surface area contributed by atoms with Crippen LogP contribution in [0.25, 0.3) is 6.08 Å². The van der Waals surface area contributed by atoms with Gasteiger partial charge in [0.25, 0.3) is 11.8 Å². The first-order chi connectivity index (χ1) is 16.7. The van der Waals surface area contributed by atoms with E-state index in [4.69, 9.17) is 56.2 Å². The fraction of sp³-hybridized carbons (Fsp3) is 0.125. The predicted molar refractivity (Wildman–Crippen MR) is 142 cm³/mol. The molecule has 3 aromatic rings. The van der Waals surface area contributed by atoms with Gasteiger partial charge in [0.05, 0.1) is 17.7 Å². The second-order valence-corrected chi connectivity index (χ2v) is 11.3. The van der Waals surface area contributed by atoms with Crippen LogP contribution >= 0.6 is 58.8 Å². The lowest BCUT2D eigenvalue weighted by Gasteiger charge is -2.26. The van der Waals surface area contributed by atoms with Gasteiger partial charge in [0.15, 0.2) is 0 Å². The predicted octanol–water partition coefficient (Wildman–Crippen LogP) is 6.19. The number of carbonyl (C=O) groups is 2. The van der Waals surface area contributed by atoms with E-state index >= 15 is 0 Å². The van der Waals surface area contributed by atoms with Crippen molar-refractivity contribution in [3.8, 4) is 5.75 Å². The quantitative estimate of drug-likeness (QED) is 0.159. The Morgan fingerprint density at radius 3 is 2.46 bits per heavy atom. The lowest BCUT2D eigenvalue weighted by Crippen LogP contribution is -2.47. The van der Waals surface area contributed by atoms with Crippen LogP contribution in [0.3, 0.4) is 0 Å². The summed E-state index contributed by atoms with van der Waals surface area (Å²) >= 11 is 24.7. The van der Waals surface area contributed by atoms with Crippen molar-refractivity contribution in [2.24, 2.45) is 0 Å². The fourth-order valence-electron chi connectivity index (χ4n) is 3.09. The second kappa shape index (κ2) is 11.1. The molecule has 0 radical (unpaired) electrons. The standard InChI is InChI=1S/C24H17Cl3N2O4S2/c25-24(26,27)22(28-20(30)16-5-2-1-3-6-16)33-17-10-8-15(9-11-17)13-19-21(31)29(23(34)35-19)14-18-7-4-12-32-18/h1-13,22H,14H2,(H,28,30)/b19-13-/t22-/m1/s1. The highest BCUT2D eigenvalue weighted by Crippen LogP contribution is 2.35. The summed E-state index contributed by atoms with van der Waals surface area (Å²) in [5.74, 6) is 0.357. The van der Waals surface area contributed by atoms with Crippen LogP contribution < -0.4 is 10.1 Å². The summed E-state index contributed by atoms with van der Waals surface area (Å²) in [7, 11) is 0. The largest absolute Gasteiger partial charge is 0.467 e. The van der Waals surface area contributed by atoms with Gasteiger partial charge >= 0.3 is 0 Å². The molecule has 2 aromatic carbocycles. The first kappa shape index (κ1) is 25.6. The van der Waals surface area contributed by atoms with E-state index in [1.165, 1.54) is 16.7 Å². The van der Waals surface area contributed by atoms with Crippen LogP contribution in [0.1, 0.15) is 21.7 Å². The maximum Gasteiger partial charge on any atom is 0.266 e. The summed E-state index contributed by atoms with van der Waals surface area (Å²) in [6.45, 7) is 0.273. The summed E-state index contributed by atoms with van der Waals surface area (Å²) in [6.07, 6.45) is 2.03. The van der Waals surface area contributed by atoms with Crippen LogP contribution in [0.5, 0.6) is 5.75 Å². The Kier molecular flexibility index (Phi) is 8.09. The monoisotopic (exact) mass is 566 g/mol. The Morgan fingerprint density at radius 2 is 1.83 bits per heavy atom. The van der Waals surface area contributed by atoms with E-state index in [1.54, 1.807) is 79.1 Å². The van der Waals surface area contributed by atoms with Crippen molar-refractivity contribution in [2.75, 3.05) is 0 Å². The van der Waals surface area contributed by atoms with Gasteiger partial charge in [-0.25, -0.2) is 0 Å². The first-order valence-electron chi connectivity index (χ1n) is 10.2. The minimum absolute atomic E-state index is 0.198. The summed E-state index contributed by atoms with van der Waals surface area (Å²) in [4.78, 5) is 27.3. The van der Waals surface area contributed by atoms with Gasteiger partial charge in [-0.1, -0.05) is 89.1 Å². The molecule has 2 amide bonds. The highest BCUT2D eigenvalue weighted by Gasteiger charge is 2.36. The zero-order valence-corrected chi connectivity index (χ0v) is 21.7. The molecular weight excluding hydrogens is 551 g/mol. The van der Waals surface area contributed by atoms with Crippen molar-refractivity contribution in [3.05, 3.63) is 94.8 Å². The summed E-state index contributed by atoms with van der Waals surface area (Å²) in [5.41, 5.74) is 1.14. The van der Waals surface area contributed by atoms with E-state index in [-0.39, 0.29) is 12.5 Å². The molecule has 0 spiro atoms. The SMILES string of the molecule is O=C(N[C@H](Oc1ccc(/C=C2\SC(=S)N(Cc3ccco3)C2=O)cc1)C(Cl)(Cl)Cl)c1ccccc1. The van der Waals surface area contributed by atoms with Crippen molar-refractivity contribution in [1.29, 1.82) is 0 Å². The number of halogens is 3. The molecule has 35 heavy (non-hydrogen) atoms. The Bertz CT molecular complexity index is 1240. The summed E-state index contributed by atoms with van der Waals surface area (Å²) in [6, 6.07) is 18.8. The van der Waals surface area contributed by atoms with Crippen LogP contribution in [0.15, 0.2) is 82.3 Å². The molecule has 1 aliphatic heterocycles. The van der Waals surface area contributed by atoms with E-state index in [1.807, 2.05) is 0 Å². The molecule has 6 nitrogen and oxygen atoms in total. The second-order valence-electron chi connectivity index (χ2n) is 7.30. The minimum atomic E-state index is -1.93. The van der Waals surface area contributed by atoms with Crippen LogP contribution in [0, 0.1) is 0 Å². The molecule has 1 atom stereocenters. The number of furan rings is 1. The van der Waals surface area contributed by atoms with Gasteiger partial charge in [-0.15, -0.1) is 0 Å². The van der Waals surface area contributed by atoms with Crippen LogP contribution in [-0.2, 0) is 11.3 Å². The summed E-state index contributed by atoms with van der Waals surface area (Å²) in [5, 5.41) is 2.58. The van der Waals surface area contributed by atoms with Crippen molar-refractivity contribution in [3.63, 3.8) is 0 Å². The lowest BCUT2D eigenvalue weighted by atomic mass is 10.2. The van der Waals surface area contributed by atoms with Gasteiger partial charge in [0.2, 0.25) is 10.0 Å². The Morgan fingerprint density at radius 1 is 1.11 bits per heavy atom. The van der Waals surface area contributed by atoms with Crippen LogP contribution in [0.2, 0.25) is 0 Å². The number of carbonyl (C=O) groups excluding carboxylic acids is 2. The number of rotatable bonds is 7. The van der Waals surface area contributed by atoms with E-state index < -0.39 is 15.9 Å².